The van der Waals surface area contributed by atoms with Crippen molar-refractivity contribution in [3.63, 3.8) is 0 Å². The van der Waals surface area contributed by atoms with Gasteiger partial charge in [0.2, 0.25) is 5.91 Å². The van der Waals surface area contributed by atoms with Crippen molar-refractivity contribution in [2.45, 2.75) is 45.6 Å². The molecule has 1 atom stereocenters. The summed E-state index contributed by atoms with van der Waals surface area (Å²) in [5.41, 5.74) is 4.79. The number of carbonyl (C=O) groups is 1. The molecular weight excluding hydrogens is 296 g/mol. The molecule has 1 N–H and O–H groups in total. The van der Waals surface area contributed by atoms with Crippen molar-refractivity contribution >= 4 is 17.3 Å². The maximum absolute atomic E-state index is 12.4. The number of para-hydroxylation sites is 2. The van der Waals surface area contributed by atoms with Gasteiger partial charge < -0.3 is 10.2 Å². The Balaban J connectivity index is 1.63. The van der Waals surface area contributed by atoms with Crippen molar-refractivity contribution in [3.8, 4) is 0 Å². The van der Waals surface area contributed by atoms with E-state index in [0.29, 0.717) is 18.4 Å². The van der Waals surface area contributed by atoms with Gasteiger partial charge in [-0.15, -0.1) is 0 Å². The van der Waals surface area contributed by atoms with Crippen LogP contribution in [0.25, 0.3) is 0 Å². The van der Waals surface area contributed by atoms with Crippen LogP contribution in [0, 0.1) is 0 Å². The van der Waals surface area contributed by atoms with Crippen LogP contribution in [-0.2, 0) is 11.2 Å². The van der Waals surface area contributed by atoms with Crippen LogP contribution in [-0.4, -0.2) is 18.5 Å². The molecule has 2 aromatic carbocycles. The minimum atomic E-state index is 0.0830. The van der Waals surface area contributed by atoms with Gasteiger partial charge >= 0.3 is 0 Å². The number of nitrogens with one attached hydrogen (secondary N) is 1. The van der Waals surface area contributed by atoms with Crippen LogP contribution in [0.1, 0.15) is 44.2 Å². The second-order valence-electron chi connectivity index (χ2n) is 6.92. The molecule has 3 nitrogen and oxygen atoms in total. The first kappa shape index (κ1) is 16.6. The number of hydrogen-bond acceptors (Lipinski definition) is 2. The van der Waals surface area contributed by atoms with Gasteiger partial charge in [-0.25, -0.2) is 0 Å². The van der Waals surface area contributed by atoms with Crippen molar-refractivity contribution < 1.29 is 4.79 Å². The molecule has 1 heterocycles. The average molecular weight is 322 g/mol. The van der Waals surface area contributed by atoms with Crippen LogP contribution in [0.5, 0.6) is 0 Å². The fourth-order valence-electron chi connectivity index (χ4n) is 3.52. The number of fused-ring (bicyclic) bond motifs is 1. The standard InChI is InChI=1S/C21H26N2O/c1-15(2)18-9-5-6-10-19(18)22-21(24)12-13-23-16(3)14-17-8-4-7-11-20(17)23/h4-11,15-16H,12-14H2,1-3H3,(H,22,24). The van der Waals surface area contributed by atoms with Crippen LogP contribution >= 0.6 is 0 Å². The summed E-state index contributed by atoms with van der Waals surface area (Å²) >= 11 is 0. The van der Waals surface area contributed by atoms with Crippen LogP contribution in [0.4, 0.5) is 11.4 Å². The number of carbonyl (C=O) groups excluding carboxylic acids is 1. The van der Waals surface area contributed by atoms with E-state index in [0.717, 1.165) is 18.7 Å². The van der Waals surface area contributed by atoms with Gasteiger partial charge in [-0.1, -0.05) is 50.2 Å². The van der Waals surface area contributed by atoms with Crippen LogP contribution in [0.3, 0.4) is 0 Å². The van der Waals surface area contributed by atoms with Crippen LogP contribution < -0.4 is 10.2 Å². The molecule has 0 aliphatic carbocycles. The van der Waals surface area contributed by atoms with Crippen LogP contribution in [0.2, 0.25) is 0 Å². The molecular formula is C21H26N2O. The van der Waals surface area contributed by atoms with Gasteiger partial charge in [0.05, 0.1) is 0 Å². The maximum Gasteiger partial charge on any atom is 0.226 e. The molecule has 1 aliphatic heterocycles. The normalized spacial score (nSPS) is 16.3. The molecule has 0 aromatic heterocycles. The molecule has 0 saturated carbocycles. The van der Waals surface area contributed by atoms with Gasteiger partial charge in [-0.3, -0.25) is 4.79 Å². The quantitative estimate of drug-likeness (QED) is 0.873. The van der Waals surface area contributed by atoms with Gasteiger partial charge in [0.25, 0.3) is 0 Å². The van der Waals surface area contributed by atoms with E-state index in [9.17, 15) is 4.79 Å². The fraction of sp³-hybridized carbons (Fsp3) is 0.381. The number of amides is 1. The molecule has 24 heavy (non-hydrogen) atoms. The molecule has 0 bridgehead atoms. The second-order valence-corrected chi connectivity index (χ2v) is 6.92. The monoisotopic (exact) mass is 322 g/mol. The Labute approximate surface area is 144 Å². The van der Waals surface area contributed by atoms with Gasteiger partial charge in [-0.2, -0.15) is 0 Å². The summed E-state index contributed by atoms with van der Waals surface area (Å²) in [7, 11) is 0. The molecule has 0 radical (unpaired) electrons. The van der Waals surface area contributed by atoms with Gasteiger partial charge in [0.15, 0.2) is 0 Å². The first-order chi connectivity index (χ1) is 11.6. The number of benzene rings is 2. The van der Waals surface area contributed by atoms with Crippen LogP contribution in [0.15, 0.2) is 48.5 Å². The van der Waals surface area contributed by atoms with Crippen molar-refractivity contribution in [1.29, 1.82) is 0 Å². The second kappa shape index (κ2) is 7.08. The third kappa shape index (κ3) is 3.45. The number of nitrogens with zero attached hydrogens (tertiary/aromatic N) is 1. The Kier molecular flexibility index (Phi) is 4.89. The molecule has 126 valence electrons. The van der Waals surface area contributed by atoms with Crippen molar-refractivity contribution in [2.24, 2.45) is 0 Å². The summed E-state index contributed by atoms with van der Waals surface area (Å²) in [5.74, 6) is 0.478. The lowest BCUT2D eigenvalue weighted by Crippen LogP contribution is -2.32. The summed E-state index contributed by atoms with van der Waals surface area (Å²) in [6.45, 7) is 7.28. The topological polar surface area (TPSA) is 32.3 Å². The molecule has 0 fully saturated rings. The van der Waals surface area contributed by atoms with Crippen molar-refractivity contribution in [3.05, 3.63) is 59.7 Å². The van der Waals surface area contributed by atoms with E-state index >= 15 is 0 Å². The Morgan fingerprint density at radius 3 is 2.67 bits per heavy atom. The summed E-state index contributed by atoms with van der Waals surface area (Å²) < 4.78 is 0. The zero-order valence-electron chi connectivity index (χ0n) is 14.8. The van der Waals surface area contributed by atoms with E-state index in [-0.39, 0.29) is 5.91 Å². The third-order valence-electron chi connectivity index (χ3n) is 4.79. The molecule has 1 amide bonds. The van der Waals surface area contributed by atoms with Gasteiger partial charge in [0, 0.05) is 30.4 Å². The highest BCUT2D eigenvalue weighted by Gasteiger charge is 2.25. The highest BCUT2D eigenvalue weighted by atomic mass is 16.1. The number of rotatable bonds is 5. The Hall–Kier alpha value is -2.29. The summed E-state index contributed by atoms with van der Waals surface area (Å²) in [5, 5.41) is 3.09. The maximum atomic E-state index is 12.4. The summed E-state index contributed by atoms with van der Waals surface area (Å²) in [6.07, 6.45) is 1.57. The van der Waals surface area contributed by atoms with E-state index in [4.69, 9.17) is 0 Å². The van der Waals surface area contributed by atoms with E-state index < -0.39 is 0 Å². The van der Waals surface area contributed by atoms with Crippen molar-refractivity contribution in [2.75, 3.05) is 16.8 Å². The predicted octanol–water partition coefficient (Wildman–Crippen LogP) is 4.59. The Morgan fingerprint density at radius 1 is 1.17 bits per heavy atom. The lowest BCUT2D eigenvalue weighted by Gasteiger charge is -2.24. The zero-order valence-corrected chi connectivity index (χ0v) is 14.8. The van der Waals surface area contributed by atoms with Crippen molar-refractivity contribution in [1.82, 2.24) is 0 Å². The Morgan fingerprint density at radius 2 is 1.88 bits per heavy atom. The van der Waals surface area contributed by atoms with E-state index in [1.807, 2.05) is 18.2 Å². The van der Waals surface area contributed by atoms with E-state index in [2.05, 4.69) is 61.3 Å². The largest absolute Gasteiger partial charge is 0.368 e. The molecule has 1 aliphatic rings. The van der Waals surface area contributed by atoms with Gasteiger partial charge in [0.1, 0.15) is 0 Å². The lowest BCUT2D eigenvalue weighted by molar-refractivity contribution is -0.116. The van der Waals surface area contributed by atoms with E-state index in [1.165, 1.54) is 16.8 Å². The molecule has 1 unspecified atom stereocenters. The average Bonchev–Trinajstić information content (AvgIpc) is 2.88. The number of hydrogen-bond donors (Lipinski definition) is 1. The molecule has 3 heteroatoms. The van der Waals surface area contributed by atoms with Gasteiger partial charge in [-0.05, 0) is 42.5 Å². The minimum Gasteiger partial charge on any atom is -0.368 e. The number of anilines is 2. The summed E-state index contributed by atoms with van der Waals surface area (Å²) in [4.78, 5) is 14.8. The molecule has 2 aromatic rings. The Bertz CT molecular complexity index is 723. The minimum absolute atomic E-state index is 0.0830. The highest BCUT2D eigenvalue weighted by molar-refractivity contribution is 5.92. The molecule has 3 rings (SSSR count). The molecule has 0 spiro atoms. The smallest absolute Gasteiger partial charge is 0.226 e. The summed E-state index contributed by atoms with van der Waals surface area (Å²) in [6, 6.07) is 17.0. The van der Waals surface area contributed by atoms with E-state index in [1.54, 1.807) is 0 Å². The zero-order chi connectivity index (χ0) is 17.1. The lowest BCUT2D eigenvalue weighted by atomic mass is 10.0. The first-order valence-electron chi connectivity index (χ1n) is 8.79. The fourth-order valence-corrected chi connectivity index (χ4v) is 3.52. The third-order valence-corrected chi connectivity index (χ3v) is 4.79. The SMILES string of the molecule is CC(C)c1ccccc1NC(=O)CCN1c2ccccc2CC1C. The first-order valence-corrected chi connectivity index (χ1v) is 8.79. The molecule has 0 saturated heterocycles. The predicted molar refractivity (Wildman–Crippen MR) is 101 cm³/mol. The highest BCUT2D eigenvalue weighted by Crippen LogP contribution is 2.31.